The second kappa shape index (κ2) is 6.91. The van der Waals surface area contributed by atoms with Crippen LogP contribution in [0, 0.1) is 0 Å². The molecule has 0 saturated heterocycles. The summed E-state index contributed by atoms with van der Waals surface area (Å²) in [5.41, 5.74) is 2.45. The average molecular weight is 351 g/mol. The minimum Gasteiger partial charge on any atom is -0.392 e. The van der Waals surface area contributed by atoms with Gasteiger partial charge < -0.3 is 15.0 Å². The molecule has 2 rings (SSSR count). The SMILES string of the molecule is CC(C)n1cc(Br)cc1C(=O)NCc1cccc(CO)c1. The number of nitrogens with zero attached hydrogens (tertiary/aromatic N) is 1. The third kappa shape index (κ3) is 3.95. The van der Waals surface area contributed by atoms with Crippen molar-refractivity contribution < 1.29 is 9.90 Å². The minimum absolute atomic E-state index is 0.00489. The summed E-state index contributed by atoms with van der Waals surface area (Å²) in [7, 11) is 0. The lowest BCUT2D eigenvalue weighted by molar-refractivity contribution is 0.0940. The van der Waals surface area contributed by atoms with Gasteiger partial charge in [-0.05, 0) is 47.0 Å². The summed E-state index contributed by atoms with van der Waals surface area (Å²) < 4.78 is 2.83. The Hall–Kier alpha value is -1.59. The summed E-state index contributed by atoms with van der Waals surface area (Å²) in [4.78, 5) is 12.3. The molecule has 0 aliphatic heterocycles. The van der Waals surface area contributed by atoms with Crippen LogP contribution in [0.5, 0.6) is 0 Å². The number of carbonyl (C=O) groups excluding carboxylic acids is 1. The molecular formula is C16H19BrN2O2. The lowest BCUT2D eigenvalue weighted by atomic mass is 10.1. The molecule has 1 aromatic heterocycles. The van der Waals surface area contributed by atoms with Gasteiger partial charge in [0.05, 0.1) is 6.61 Å². The first-order valence-corrected chi connectivity index (χ1v) is 7.65. The Balaban J connectivity index is 2.08. The van der Waals surface area contributed by atoms with Gasteiger partial charge >= 0.3 is 0 Å². The number of benzene rings is 1. The molecule has 2 N–H and O–H groups in total. The van der Waals surface area contributed by atoms with Gasteiger partial charge in [-0.3, -0.25) is 4.79 Å². The normalized spacial score (nSPS) is 10.9. The Morgan fingerprint density at radius 3 is 2.71 bits per heavy atom. The summed E-state index contributed by atoms with van der Waals surface area (Å²) in [6, 6.07) is 9.58. The van der Waals surface area contributed by atoms with E-state index in [4.69, 9.17) is 5.11 Å². The Morgan fingerprint density at radius 2 is 2.05 bits per heavy atom. The molecule has 0 aliphatic carbocycles. The quantitative estimate of drug-likeness (QED) is 0.869. The van der Waals surface area contributed by atoms with E-state index in [-0.39, 0.29) is 18.6 Å². The van der Waals surface area contributed by atoms with E-state index in [0.29, 0.717) is 12.2 Å². The molecule has 0 spiro atoms. The van der Waals surface area contributed by atoms with E-state index in [9.17, 15) is 4.79 Å². The predicted molar refractivity (Wildman–Crippen MR) is 86.1 cm³/mol. The van der Waals surface area contributed by atoms with Crippen LogP contribution in [0.25, 0.3) is 0 Å². The third-order valence-electron chi connectivity index (χ3n) is 3.23. The molecule has 4 nitrogen and oxygen atoms in total. The van der Waals surface area contributed by atoms with Crippen molar-refractivity contribution in [3.05, 3.63) is 57.8 Å². The molecule has 0 atom stereocenters. The van der Waals surface area contributed by atoms with Crippen molar-refractivity contribution >= 4 is 21.8 Å². The predicted octanol–water partition coefficient (Wildman–Crippen LogP) is 3.25. The summed E-state index contributed by atoms with van der Waals surface area (Å²) in [5, 5.41) is 12.0. The van der Waals surface area contributed by atoms with Gasteiger partial charge in [0.15, 0.2) is 0 Å². The van der Waals surface area contributed by atoms with Crippen LogP contribution in [-0.4, -0.2) is 15.6 Å². The van der Waals surface area contributed by atoms with Gasteiger partial charge in [0.1, 0.15) is 5.69 Å². The van der Waals surface area contributed by atoms with E-state index in [0.717, 1.165) is 15.6 Å². The first kappa shape index (κ1) is 15.8. The van der Waals surface area contributed by atoms with Crippen LogP contribution < -0.4 is 5.32 Å². The van der Waals surface area contributed by atoms with Gasteiger partial charge in [0, 0.05) is 23.3 Å². The monoisotopic (exact) mass is 350 g/mol. The molecule has 1 aromatic carbocycles. The first-order valence-electron chi connectivity index (χ1n) is 6.85. The van der Waals surface area contributed by atoms with Crippen molar-refractivity contribution in [3.63, 3.8) is 0 Å². The highest BCUT2D eigenvalue weighted by Gasteiger charge is 2.14. The number of hydrogen-bond acceptors (Lipinski definition) is 2. The van der Waals surface area contributed by atoms with Gasteiger partial charge in [-0.15, -0.1) is 0 Å². The fourth-order valence-electron chi connectivity index (χ4n) is 2.17. The second-order valence-corrected chi connectivity index (χ2v) is 6.12. The average Bonchev–Trinajstić information content (AvgIpc) is 2.87. The lowest BCUT2D eigenvalue weighted by Crippen LogP contribution is -2.25. The fourth-order valence-corrected chi connectivity index (χ4v) is 2.60. The molecule has 0 saturated carbocycles. The molecule has 112 valence electrons. The molecule has 1 heterocycles. The summed E-state index contributed by atoms with van der Waals surface area (Å²) >= 11 is 3.41. The zero-order valence-electron chi connectivity index (χ0n) is 12.1. The van der Waals surface area contributed by atoms with Crippen LogP contribution in [0.15, 0.2) is 41.0 Å². The zero-order chi connectivity index (χ0) is 15.4. The Kier molecular flexibility index (Phi) is 5.20. The summed E-state index contributed by atoms with van der Waals surface area (Å²) in [6.45, 7) is 4.51. The largest absolute Gasteiger partial charge is 0.392 e. The van der Waals surface area contributed by atoms with E-state index in [1.165, 1.54) is 0 Å². The van der Waals surface area contributed by atoms with Crippen molar-refractivity contribution in [1.82, 2.24) is 9.88 Å². The number of hydrogen-bond donors (Lipinski definition) is 2. The van der Waals surface area contributed by atoms with Crippen molar-refractivity contribution in [2.75, 3.05) is 0 Å². The Bertz CT molecular complexity index is 635. The molecule has 0 radical (unpaired) electrons. The molecule has 1 amide bonds. The Labute approximate surface area is 132 Å². The van der Waals surface area contributed by atoms with Crippen molar-refractivity contribution in [2.24, 2.45) is 0 Å². The first-order chi connectivity index (χ1) is 10.0. The van der Waals surface area contributed by atoms with Crippen LogP contribution in [-0.2, 0) is 13.2 Å². The summed E-state index contributed by atoms with van der Waals surface area (Å²) in [5.74, 6) is -0.108. The second-order valence-electron chi connectivity index (χ2n) is 5.21. The highest BCUT2D eigenvalue weighted by molar-refractivity contribution is 9.10. The molecule has 0 aliphatic rings. The van der Waals surface area contributed by atoms with Crippen LogP contribution in [0.3, 0.4) is 0 Å². The van der Waals surface area contributed by atoms with E-state index < -0.39 is 0 Å². The standard InChI is InChI=1S/C16H19BrN2O2/c1-11(2)19-9-14(17)7-15(19)16(21)18-8-12-4-3-5-13(6-12)10-20/h3-7,9,11,20H,8,10H2,1-2H3,(H,18,21). The molecule has 0 fully saturated rings. The van der Waals surface area contributed by atoms with Crippen LogP contribution >= 0.6 is 15.9 Å². The smallest absolute Gasteiger partial charge is 0.268 e. The van der Waals surface area contributed by atoms with Crippen LogP contribution in [0.1, 0.15) is 41.5 Å². The number of aliphatic hydroxyl groups is 1. The molecule has 5 heteroatoms. The van der Waals surface area contributed by atoms with Gasteiger partial charge in [0.2, 0.25) is 0 Å². The molecular weight excluding hydrogens is 332 g/mol. The maximum Gasteiger partial charge on any atom is 0.268 e. The van der Waals surface area contributed by atoms with Crippen molar-refractivity contribution in [2.45, 2.75) is 33.0 Å². The number of amides is 1. The topological polar surface area (TPSA) is 54.3 Å². The van der Waals surface area contributed by atoms with Gasteiger partial charge in [-0.25, -0.2) is 0 Å². The molecule has 2 aromatic rings. The van der Waals surface area contributed by atoms with Crippen molar-refractivity contribution in [1.29, 1.82) is 0 Å². The van der Waals surface area contributed by atoms with E-state index >= 15 is 0 Å². The molecule has 0 bridgehead atoms. The van der Waals surface area contributed by atoms with Crippen LogP contribution in [0.4, 0.5) is 0 Å². The number of nitrogens with one attached hydrogen (secondary N) is 1. The number of carbonyl (C=O) groups is 1. The minimum atomic E-state index is -0.108. The van der Waals surface area contributed by atoms with Crippen molar-refractivity contribution in [3.8, 4) is 0 Å². The lowest BCUT2D eigenvalue weighted by Gasteiger charge is -2.13. The highest BCUT2D eigenvalue weighted by atomic mass is 79.9. The van der Waals surface area contributed by atoms with Gasteiger partial charge in [-0.1, -0.05) is 24.3 Å². The number of halogens is 1. The third-order valence-corrected chi connectivity index (χ3v) is 3.66. The maximum absolute atomic E-state index is 12.3. The number of rotatable bonds is 5. The number of aromatic nitrogens is 1. The molecule has 0 unspecified atom stereocenters. The van der Waals surface area contributed by atoms with E-state index in [2.05, 4.69) is 21.2 Å². The summed E-state index contributed by atoms with van der Waals surface area (Å²) in [6.07, 6.45) is 1.91. The van der Waals surface area contributed by atoms with Gasteiger partial charge in [-0.2, -0.15) is 0 Å². The number of aliphatic hydroxyl groups excluding tert-OH is 1. The zero-order valence-corrected chi connectivity index (χ0v) is 13.7. The fraction of sp³-hybridized carbons (Fsp3) is 0.312. The molecule has 21 heavy (non-hydrogen) atoms. The highest BCUT2D eigenvalue weighted by Crippen LogP contribution is 2.19. The Morgan fingerprint density at radius 1 is 1.33 bits per heavy atom. The van der Waals surface area contributed by atoms with Crippen LogP contribution in [0.2, 0.25) is 0 Å². The van der Waals surface area contributed by atoms with E-state index in [1.807, 2.05) is 54.9 Å². The van der Waals surface area contributed by atoms with E-state index in [1.54, 1.807) is 0 Å². The van der Waals surface area contributed by atoms with Gasteiger partial charge in [0.25, 0.3) is 5.91 Å². The maximum atomic E-state index is 12.3.